The summed E-state index contributed by atoms with van der Waals surface area (Å²) in [5.74, 6) is 0. The van der Waals surface area contributed by atoms with E-state index >= 15 is 0 Å². The van der Waals surface area contributed by atoms with Crippen LogP contribution in [0.15, 0.2) is 61.6 Å². The number of aromatic nitrogens is 8. The molecule has 6 aromatic heterocycles. The van der Waals surface area contributed by atoms with Gasteiger partial charge in [0.2, 0.25) is 0 Å². The molecule has 0 aliphatic heterocycles. The molecule has 0 bridgehead atoms. The van der Waals surface area contributed by atoms with Gasteiger partial charge in [0.1, 0.15) is 11.2 Å². The Labute approximate surface area is 208 Å². The number of hydrogen-bond acceptors (Lipinski definition) is 6. The van der Waals surface area contributed by atoms with E-state index in [1.807, 2.05) is 54.6 Å². The van der Waals surface area contributed by atoms with Gasteiger partial charge in [-0.25, -0.2) is 9.97 Å². The minimum absolute atomic E-state index is 0.385. The summed E-state index contributed by atoms with van der Waals surface area (Å²) in [5, 5.41) is 12.3. The molecule has 6 heterocycles. The van der Waals surface area contributed by atoms with Crippen LogP contribution in [0.4, 0.5) is 5.69 Å². The molecule has 0 aromatic carbocycles. The molecule has 1 unspecified atom stereocenters. The van der Waals surface area contributed by atoms with Crippen molar-refractivity contribution in [3.05, 3.63) is 67.3 Å². The van der Waals surface area contributed by atoms with Crippen molar-refractivity contribution < 1.29 is 0 Å². The number of pyridine rings is 3. The van der Waals surface area contributed by atoms with E-state index in [1.165, 1.54) is 0 Å². The van der Waals surface area contributed by atoms with Gasteiger partial charge in [-0.15, -0.1) is 0 Å². The van der Waals surface area contributed by atoms with E-state index in [4.69, 9.17) is 4.98 Å². The molecule has 0 radical (unpaired) electrons. The van der Waals surface area contributed by atoms with E-state index in [9.17, 15) is 0 Å². The van der Waals surface area contributed by atoms with Crippen LogP contribution in [0.1, 0.15) is 32.4 Å². The predicted octanol–water partition coefficient (Wildman–Crippen LogP) is 5.66. The Hall–Kier alpha value is -4.53. The second-order valence-corrected chi connectivity index (χ2v) is 9.19. The Morgan fingerprint density at radius 3 is 2.78 bits per heavy atom. The molecule has 6 aromatic rings. The number of fused-ring (bicyclic) bond motifs is 2. The number of imidazole rings is 1. The molecular formula is C27H27N9. The zero-order chi connectivity index (χ0) is 24.6. The lowest BCUT2D eigenvalue weighted by Crippen LogP contribution is -2.14. The molecule has 0 spiro atoms. The van der Waals surface area contributed by atoms with Gasteiger partial charge in [0.15, 0.2) is 0 Å². The highest BCUT2D eigenvalue weighted by Crippen LogP contribution is 2.31. The van der Waals surface area contributed by atoms with Crippen LogP contribution in [0.3, 0.4) is 0 Å². The number of H-pyrrole nitrogens is 2. The summed E-state index contributed by atoms with van der Waals surface area (Å²) < 4.78 is 1.98. The maximum absolute atomic E-state index is 4.98. The molecule has 3 N–H and O–H groups in total. The maximum Gasteiger partial charge on any atom is 0.135 e. The second-order valence-electron chi connectivity index (χ2n) is 9.19. The first-order valence-electron chi connectivity index (χ1n) is 12.1. The van der Waals surface area contributed by atoms with Gasteiger partial charge in [0.05, 0.1) is 58.2 Å². The summed E-state index contributed by atoms with van der Waals surface area (Å²) in [5.41, 5.74) is 8.91. The standard InChI is InChI=1S/C27H27N9/c1-4-5-16(2)31-19-8-18(10-28-11-19)21-6-7-22-26(33-21)27(35-34-22)23-9-20-24(32-23)12-29-13-25(20)36-14-17(3)30-15-36/h6-16,31-32H,4-5H2,1-3H3,(H,34,35). The summed E-state index contributed by atoms with van der Waals surface area (Å²) in [4.78, 5) is 21.7. The normalized spacial score (nSPS) is 12.4. The van der Waals surface area contributed by atoms with E-state index in [0.717, 1.165) is 74.5 Å². The van der Waals surface area contributed by atoms with E-state index < -0.39 is 0 Å². The molecular weight excluding hydrogens is 450 g/mol. The zero-order valence-corrected chi connectivity index (χ0v) is 20.4. The number of rotatable bonds is 7. The van der Waals surface area contributed by atoms with Gasteiger partial charge in [0, 0.05) is 35.6 Å². The van der Waals surface area contributed by atoms with Gasteiger partial charge in [-0.3, -0.25) is 15.1 Å². The average Bonchev–Trinajstić information content (AvgIpc) is 3.61. The highest BCUT2D eigenvalue weighted by atomic mass is 15.1. The minimum atomic E-state index is 0.385. The SMILES string of the molecule is CCCC(C)Nc1cncc(-c2ccc3[nH]nc(-c4cc5c(-n6cnc(C)c6)cncc5[nH]4)c3n2)c1. The van der Waals surface area contributed by atoms with Gasteiger partial charge < -0.3 is 14.9 Å². The predicted molar refractivity (Wildman–Crippen MR) is 142 cm³/mol. The third kappa shape index (κ3) is 3.98. The zero-order valence-electron chi connectivity index (χ0n) is 20.4. The lowest BCUT2D eigenvalue weighted by molar-refractivity contribution is 0.690. The third-order valence-corrected chi connectivity index (χ3v) is 6.35. The lowest BCUT2D eigenvalue weighted by Gasteiger charge is -2.14. The average molecular weight is 478 g/mol. The Morgan fingerprint density at radius 2 is 1.94 bits per heavy atom. The smallest absolute Gasteiger partial charge is 0.135 e. The summed E-state index contributed by atoms with van der Waals surface area (Å²) in [6, 6.07) is 8.58. The Kier molecular flexibility index (Phi) is 5.44. The molecule has 0 saturated carbocycles. The van der Waals surface area contributed by atoms with E-state index in [0.29, 0.717) is 6.04 Å². The highest BCUT2D eigenvalue weighted by molar-refractivity contribution is 5.96. The second kappa shape index (κ2) is 8.92. The molecule has 0 aliphatic carbocycles. The van der Waals surface area contributed by atoms with E-state index in [-0.39, 0.29) is 0 Å². The number of aromatic amines is 2. The summed E-state index contributed by atoms with van der Waals surface area (Å²) in [6.45, 7) is 6.35. The highest BCUT2D eigenvalue weighted by Gasteiger charge is 2.16. The van der Waals surface area contributed by atoms with Crippen molar-refractivity contribution in [3.63, 3.8) is 0 Å². The molecule has 9 heteroatoms. The van der Waals surface area contributed by atoms with Crippen LogP contribution >= 0.6 is 0 Å². The molecule has 0 amide bonds. The van der Waals surface area contributed by atoms with Crippen molar-refractivity contribution >= 4 is 27.6 Å². The van der Waals surface area contributed by atoms with Crippen LogP contribution in [0.2, 0.25) is 0 Å². The number of nitrogens with zero attached hydrogens (tertiary/aromatic N) is 6. The van der Waals surface area contributed by atoms with Crippen molar-refractivity contribution in [2.24, 2.45) is 0 Å². The fraction of sp³-hybridized carbons (Fsp3) is 0.222. The van der Waals surface area contributed by atoms with Crippen LogP contribution in [-0.4, -0.2) is 45.7 Å². The minimum Gasteiger partial charge on any atom is -0.381 e. The van der Waals surface area contributed by atoms with Gasteiger partial charge in [-0.2, -0.15) is 5.10 Å². The largest absolute Gasteiger partial charge is 0.381 e. The molecule has 0 aliphatic rings. The molecule has 6 rings (SSSR count). The van der Waals surface area contributed by atoms with Crippen molar-refractivity contribution in [1.29, 1.82) is 0 Å². The van der Waals surface area contributed by atoms with Crippen LogP contribution in [0.5, 0.6) is 0 Å². The number of hydrogen-bond donors (Lipinski definition) is 3. The van der Waals surface area contributed by atoms with Crippen LogP contribution < -0.4 is 5.32 Å². The van der Waals surface area contributed by atoms with Crippen molar-refractivity contribution in [2.75, 3.05) is 5.32 Å². The van der Waals surface area contributed by atoms with E-state index in [1.54, 1.807) is 6.33 Å². The number of nitrogens with one attached hydrogen (secondary N) is 3. The maximum atomic E-state index is 4.98. The summed E-state index contributed by atoms with van der Waals surface area (Å²) in [6.07, 6.45) is 13.4. The monoisotopic (exact) mass is 477 g/mol. The third-order valence-electron chi connectivity index (χ3n) is 6.35. The first-order valence-corrected chi connectivity index (χ1v) is 12.1. The van der Waals surface area contributed by atoms with Crippen molar-refractivity contribution in [2.45, 2.75) is 39.7 Å². The Morgan fingerprint density at radius 1 is 1.06 bits per heavy atom. The first-order chi connectivity index (χ1) is 17.6. The molecule has 0 fully saturated rings. The van der Waals surface area contributed by atoms with Gasteiger partial charge in [0.25, 0.3) is 0 Å². The van der Waals surface area contributed by atoms with Gasteiger partial charge in [-0.05, 0) is 44.5 Å². The molecule has 36 heavy (non-hydrogen) atoms. The van der Waals surface area contributed by atoms with Gasteiger partial charge in [-0.1, -0.05) is 13.3 Å². The molecule has 180 valence electrons. The summed E-state index contributed by atoms with van der Waals surface area (Å²) >= 11 is 0. The van der Waals surface area contributed by atoms with Crippen molar-refractivity contribution in [3.8, 4) is 28.3 Å². The quantitative estimate of drug-likeness (QED) is 0.274. The fourth-order valence-electron chi connectivity index (χ4n) is 4.62. The van der Waals surface area contributed by atoms with Gasteiger partial charge >= 0.3 is 0 Å². The Bertz CT molecular complexity index is 1670. The van der Waals surface area contributed by atoms with Crippen molar-refractivity contribution in [1.82, 2.24) is 39.7 Å². The summed E-state index contributed by atoms with van der Waals surface area (Å²) in [7, 11) is 0. The topological polar surface area (TPSA) is 113 Å². The fourth-order valence-corrected chi connectivity index (χ4v) is 4.62. The molecule has 9 nitrogen and oxygen atoms in total. The van der Waals surface area contributed by atoms with Crippen LogP contribution in [0, 0.1) is 6.92 Å². The molecule has 0 saturated heterocycles. The van der Waals surface area contributed by atoms with E-state index in [2.05, 4.69) is 61.4 Å². The van der Waals surface area contributed by atoms with Crippen LogP contribution in [0.25, 0.3) is 50.3 Å². The Balaban J connectivity index is 1.40. The molecule has 1 atom stereocenters. The lowest BCUT2D eigenvalue weighted by atomic mass is 10.1. The number of aryl methyl sites for hydroxylation is 1. The van der Waals surface area contributed by atoms with Crippen LogP contribution in [-0.2, 0) is 0 Å². The first kappa shape index (κ1) is 22.0. The number of anilines is 1.